The third kappa shape index (κ3) is 5.14. The van der Waals surface area contributed by atoms with Crippen LogP contribution in [0.4, 0.5) is 16.3 Å². The van der Waals surface area contributed by atoms with E-state index in [4.69, 9.17) is 10.5 Å². The standard InChI is InChI=1S/C14H23N5O5/c1-7(6-16-13(23)24-14(2,3)4)10(20)17-8-9(15)19(5)12(22)18-11(8)21/h7H,6,15H2,1-5H3,(H,16,23)(H,17,20)(H,18,21,22). The number of aromatic nitrogens is 2. The van der Waals surface area contributed by atoms with Gasteiger partial charge in [-0.15, -0.1) is 0 Å². The maximum absolute atomic E-state index is 12.1. The summed E-state index contributed by atoms with van der Waals surface area (Å²) in [5.41, 5.74) is 3.32. The van der Waals surface area contributed by atoms with Gasteiger partial charge in [0.1, 0.15) is 17.1 Å². The Morgan fingerprint density at radius 2 is 1.92 bits per heavy atom. The molecule has 1 aromatic rings. The zero-order valence-electron chi connectivity index (χ0n) is 14.4. The van der Waals surface area contributed by atoms with Gasteiger partial charge in [0, 0.05) is 13.6 Å². The highest BCUT2D eigenvalue weighted by Crippen LogP contribution is 2.10. The lowest BCUT2D eigenvalue weighted by Gasteiger charge is -2.20. The summed E-state index contributed by atoms with van der Waals surface area (Å²) in [5.74, 6) is -1.36. The van der Waals surface area contributed by atoms with Crippen LogP contribution in [0.3, 0.4) is 0 Å². The molecule has 0 fully saturated rings. The minimum Gasteiger partial charge on any atom is -0.444 e. The number of alkyl carbamates (subject to hydrolysis) is 1. The van der Waals surface area contributed by atoms with Gasteiger partial charge in [0.25, 0.3) is 5.56 Å². The highest BCUT2D eigenvalue weighted by Gasteiger charge is 2.20. The number of hydrogen-bond donors (Lipinski definition) is 4. The summed E-state index contributed by atoms with van der Waals surface area (Å²) in [4.78, 5) is 48.8. The number of amides is 2. The van der Waals surface area contributed by atoms with Crippen molar-refractivity contribution in [1.29, 1.82) is 0 Å². The Morgan fingerprint density at radius 1 is 1.33 bits per heavy atom. The number of carbonyl (C=O) groups excluding carboxylic acids is 2. The van der Waals surface area contributed by atoms with Crippen molar-refractivity contribution in [2.24, 2.45) is 13.0 Å². The summed E-state index contributed by atoms with van der Waals surface area (Å²) in [7, 11) is 1.36. The highest BCUT2D eigenvalue weighted by atomic mass is 16.6. The SMILES string of the molecule is CC(CNC(=O)OC(C)(C)C)C(=O)Nc1c(N)n(C)c(=O)[nH]c1=O. The molecule has 0 saturated heterocycles. The van der Waals surface area contributed by atoms with Crippen LogP contribution in [-0.2, 0) is 16.6 Å². The van der Waals surface area contributed by atoms with Crippen molar-refractivity contribution in [3.63, 3.8) is 0 Å². The fourth-order valence-electron chi connectivity index (χ4n) is 1.65. The van der Waals surface area contributed by atoms with Crippen LogP contribution < -0.4 is 27.6 Å². The van der Waals surface area contributed by atoms with Crippen LogP contribution in [0.15, 0.2) is 9.59 Å². The molecule has 0 radical (unpaired) electrons. The van der Waals surface area contributed by atoms with Crippen LogP contribution in [-0.4, -0.2) is 33.7 Å². The van der Waals surface area contributed by atoms with Gasteiger partial charge in [-0.3, -0.25) is 19.1 Å². The van der Waals surface area contributed by atoms with E-state index in [1.807, 2.05) is 4.98 Å². The van der Waals surface area contributed by atoms with Crippen LogP contribution in [0.5, 0.6) is 0 Å². The zero-order valence-corrected chi connectivity index (χ0v) is 14.4. The first-order chi connectivity index (χ1) is 10.9. The first-order valence-corrected chi connectivity index (χ1v) is 7.29. The molecule has 0 bridgehead atoms. The average Bonchev–Trinajstić information content (AvgIpc) is 2.45. The van der Waals surface area contributed by atoms with Gasteiger partial charge in [0.15, 0.2) is 0 Å². The summed E-state index contributed by atoms with van der Waals surface area (Å²) in [6, 6.07) is 0. The van der Waals surface area contributed by atoms with E-state index < -0.39 is 34.8 Å². The molecule has 0 spiro atoms. The van der Waals surface area contributed by atoms with Crippen molar-refractivity contribution in [2.45, 2.75) is 33.3 Å². The Bertz CT molecular complexity index is 743. The first-order valence-electron chi connectivity index (χ1n) is 7.29. The molecule has 10 heteroatoms. The van der Waals surface area contributed by atoms with Gasteiger partial charge in [-0.1, -0.05) is 6.92 Å². The average molecular weight is 341 g/mol. The minimum atomic E-state index is -0.795. The Morgan fingerprint density at radius 3 is 2.46 bits per heavy atom. The largest absolute Gasteiger partial charge is 0.444 e. The van der Waals surface area contributed by atoms with Crippen LogP contribution in [0.25, 0.3) is 0 Å². The third-order valence-electron chi connectivity index (χ3n) is 3.02. The lowest BCUT2D eigenvalue weighted by molar-refractivity contribution is -0.119. The number of nitrogens with zero attached hydrogens (tertiary/aromatic N) is 1. The van der Waals surface area contributed by atoms with Gasteiger partial charge in [-0.05, 0) is 20.8 Å². The molecule has 0 aliphatic heterocycles. The second kappa shape index (κ2) is 7.20. The van der Waals surface area contributed by atoms with Crippen molar-refractivity contribution in [3.8, 4) is 0 Å². The van der Waals surface area contributed by atoms with Crippen molar-refractivity contribution >= 4 is 23.5 Å². The molecule has 1 rings (SSSR count). The first kappa shape index (κ1) is 19.3. The van der Waals surface area contributed by atoms with E-state index in [0.717, 1.165) is 4.57 Å². The quantitative estimate of drug-likeness (QED) is 0.594. The van der Waals surface area contributed by atoms with Gasteiger partial charge in [-0.2, -0.15) is 0 Å². The lowest BCUT2D eigenvalue weighted by Crippen LogP contribution is -2.39. The smallest absolute Gasteiger partial charge is 0.407 e. The Kier molecular flexibility index (Phi) is 5.78. The summed E-state index contributed by atoms with van der Waals surface area (Å²) >= 11 is 0. The van der Waals surface area contributed by atoms with E-state index in [-0.39, 0.29) is 18.1 Å². The van der Waals surface area contributed by atoms with Crippen molar-refractivity contribution in [2.75, 3.05) is 17.6 Å². The van der Waals surface area contributed by atoms with Crippen molar-refractivity contribution in [3.05, 3.63) is 20.8 Å². The van der Waals surface area contributed by atoms with Crippen LogP contribution in [0.1, 0.15) is 27.7 Å². The second-order valence-electron chi connectivity index (χ2n) is 6.35. The summed E-state index contributed by atoms with van der Waals surface area (Å²) in [6.07, 6.45) is -0.651. The van der Waals surface area contributed by atoms with E-state index in [9.17, 15) is 19.2 Å². The molecular formula is C14H23N5O5. The number of nitrogen functional groups attached to an aromatic ring is 1. The molecule has 1 aromatic heterocycles. The van der Waals surface area contributed by atoms with Crippen molar-refractivity contribution in [1.82, 2.24) is 14.9 Å². The molecule has 0 aliphatic rings. The van der Waals surface area contributed by atoms with Gasteiger partial charge in [0.2, 0.25) is 5.91 Å². The molecule has 0 aliphatic carbocycles. The van der Waals surface area contributed by atoms with E-state index >= 15 is 0 Å². The van der Waals surface area contributed by atoms with Crippen molar-refractivity contribution < 1.29 is 14.3 Å². The third-order valence-corrected chi connectivity index (χ3v) is 3.02. The maximum Gasteiger partial charge on any atom is 0.407 e. The number of H-pyrrole nitrogens is 1. The van der Waals surface area contributed by atoms with Gasteiger partial charge in [0.05, 0.1) is 5.92 Å². The number of carbonyl (C=O) groups is 2. The molecular weight excluding hydrogens is 318 g/mol. The Balaban J connectivity index is 2.72. The fourth-order valence-corrected chi connectivity index (χ4v) is 1.65. The minimum absolute atomic E-state index is 0.00429. The maximum atomic E-state index is 12.1. The van der Waals surface area contributed by atoms with Crippen LogP contribution >= 0.6 is 0 Å². The van der Waals surface area contributed by atoms with Crippen LogP contribution in [0, 0.1) is 5.92 Å². The van der Waals surface area contributed by atoms with Gasteiger partial charge < -0.3 is 21.1 Å². The fraction of sp³-hybridized carbons (Fsp3) is 0.571. The second-order valence-corrected chi connectivity index (χ2v) is 6.35. The van der Waals surface area contributed by atoms with E-state index in [1.165, 1.54) is 7.05 Å². The number of anilines is 2. The molecule has 24 heavy (non-hydrogen) atoms. The highest BCUT2D eigenvalue weighted by molar-refractivity contribution is 5.94. The molecule has 10 nitrogen and oxygen atoms in total. The number of ether oxygens (including phenoxy) is 1. The molecule has 1 atom stereocenters. The number of nitrogens with one attached hydrogen (secondary N) is 3. The number of nitrogens with two attached hydrogens (primary N) is 1. The van der Waals surface area contributed by atoms with Crippen LogP contribution in [0.2, 0.25) is 0 Å². The van der Waals surface area contributed by atoms with E-state index in [2.05, 4.69) is 10.6 Å². The molecule has 0 aromatic carbocycles. The summed E-state index contributed by atoms with van der Waals surface area (Å²) in [6.45, 7) is 6.72. The zero-order chi connectivity index (χ0) is 18.7. The summed E-state index contributed by atoms with van der Waals surface area (Å²) in [5, 5.41) is 4.82. The molecule has 2 amide bonds. The monoisotopic (exact) mass is 341 g/mol. The molecule has 1 unspecified atom stereocenters. The number of aromatic amines is 1. The molecule has 5 N–H and O–H groups in total. The van der Waals surface area contributed by atoms with Gasteiger partial charge in [-0.25, -0.2) is 9.59 Å². The predicted octanol–water partition coefficient (Wildman–Crippen LogP) is -0.245. The molecule has 0 saturated carbocycles. The summed E-state index contributed by atoms with van der Waals surface area (Å²) < 4.78 is 6.06. The topological polar surface area (TPSA) is 148 Å². The normalized spacial score (nSPS) is 12.4. The number of hydrogen-bond acceptors (Lipinski definition) is 6. The van der Waals surface area contributed by atoms with E-state index in [0.29, 0.717) is 0 Å². The molecule has 134 valence electrons. The number of rotatable bonds is 4. The predicted molar refractivity (Wildman–Crippen MR) is 88.7 cm³/mol. The van der Waals surface area contributed by atoms with Gasteiger partial charge >= 0.3 is 11.8 Å². The molecule has 1 heterocycles. The Hall–Kier alpha value is -2.78. The lowest BCUT2D eigenvalue weighted by atomic mass is 10.1. The Labute approximate surface area is 138 Å². The van der Waals surface area contributed by atoms with E-state index in [1.54, 1.807) is 27.7 Å².